The van der Waals surface area contributed by atoms with Gasteiger partial charge < -0.3 is 9.47 Å². The molecule has 0 aliphatic heterocycles. The van der Waals surface area contributed by atoms with Crippen LogP contribution in [0.2, 0.25) is 5.02 Å². The van der Waals surface area contributed by atoms with Gasteiger partial charge in [0.1, 0.15) is 11.5 Å². The standard InChI is InChI=1S/C23H19ClN2O4/c1-16-6-10-18(11-7-16)29-15-22(27)26-25-14-17-8-12-19(13-9-17)30-23(28)20-4-2-3-5-21(20)24/h2-14H,15H2,1H3,(H,26,27)/b25-14+. The number of carbonyl (C=O) groups is 2. The van der Waals surface area contributed by atoms with Crippen molar-refractivity contribution in [1.82, 2.24) is 5.43 Å². The van der Waals surface area contributed by atoms with Crippen molar-refractivity contribution < 1.29 is 19.1 Å². The van der Waals surface area contributed by atoms with Crippen molar-refractivity contribution in [2.24, 2.45) is 5.10 Å². The summed E-state index contributed by atoms with van der Waals surface area (Å²) in [4.78, 5) is 23.9. The number of esters is 1. The molecule has 1 amide bonds. The van der Waals surface area contributed by atoms with Crippen molar-refractivity contribution in [3.63, 3.8) is 0 Å². The summed E-state index contributed by atoms with van der Waals surface area (Å²) in [7, 11) is 0. The second-order valence-corrected chi connectivity index (χ2v) is 6.74. The molecular weight excluding hydrogens is 404 g/mol. The molecule has 0 heterocycles. The van der Waals surface area contributed by atoms with Gasteiger partial charge in [0.2, 0.25) is 0 Å². The molecule has 7 heteroatoms. The lowest BCUT2D eigenvalue weighted by atomic mass is 10.2. The summed E-state index contributed by atoms with van der Waals surface area (Å²) in [5.41, 5.74) is 4.51. The van der Waals surface area contributed by atoms with E-state index in [0.29, 0.717) is 27.6 Å². The molecule has 3 rings (SSSR count). The van der Waals surface area contributed by atoms with E-state index < -0.39 is 5.97 Å². The van der Waals surface area contributed by atoms with E-state index in [1.165, 1.54) is 6.21 Å². The minimum absolute atomic E-state index is 0.142. The highest BCUT2D eigenvalue weighted by Gasteiger charge is 2.11. The third-order valence-electron chi connectivity index (χ3n) is 3.98. The van der Waals surface area contributed by atoms with Gasteiger partial charge in [0.25, 0.3) is 5.91 Å². The van der Waals surface area contributed by atoms with Gasteiger partial charge in [-0.15, -0.1) is 0 Å². The van der Waals surface area contributed by atoms with Crippen LogP contribution < -0.4 is 14.9 Å². The highest BCUT2D eigenvalue weighted by molar-refractivity contribution is 6.33. The van der Waals surface area contributed by atoms with Crippen LogP contribution in [-0.4, -0.2) is 24.7 Å². The molecule has 0 atom stereocenters. The Labute approximate surface area is 179 Å². The first-order valence-electron chi connectivity index (χ1n) is 9.09. The number of hydrogen-bond donors (Lipinski definition) is 1. The number of halogens is 1. The molecule has 0 aromatic heterocycles. The maximum absolute atomic E-state index is 12.2. The number of amides is 1. The van der Waals surface area contributed by atoms with Crippen molar-refractivity contribution in [1.29, 1.82) is 0 Å². The minimum atomic E-state index is -0.539. The van der Waals surface area contributed by atoms with Crippen LogP contribution in [0, 0.1) is 6.92 Å². The first-order valence-corrected chi connectivity index (χ1v) is 9.47. The third kappa shape index (κ3) is 6.18. The maximum Gasteiger partial charge on any atom is 0.345 e. The maximum atomic E-state index is 12.2. The highest BCUT2D eigenvalue weighted by atomic mass is 35.5. The molecule has 6 nitrogen and oxygen atoms in total. The SMILES string of the molecule is Cc1ccc(OCC(=O)N/N=C/c2ccc(OC(=O)c3ccccc3Cl)cc2)cc1. The van der Waals surface area contributed by atoms with Crippen molar-refractivity contribution in [2.75, 3.05) is 6.61 Å². The van der Waals surface area contributed by atoms with E-state index in [9.17, 15) is 9.59 Å². The Morgan fingerprint density at radius 2 is 1.63 bits per heavy atom. The molecule has 0 unspecified atom stereocenters. The number of benzene rings is 3. The van der Waals surface area contributed by atoms with Crippen molar-refractivity contribution >= 4 is 29.7 Å². The lowest BCUT2D eigenvalue weighted by Crippen LogP contribution is -2.24. The first-order chi connectivity index (χ1) is 14.5. The van der Waals surface area contributed by atoms with Gasteiger partial charge in [0, 0.05) is 0 Å². The van der Waals surface area contributed by atoms with Crippen LogP contribution in [0.15, 0.2) is 77.9 Å². The van der Waals surface area contributed by atoms with Gasteiger partial charge in [-0.3, -0.25) is 4.79 Å². The van der Waals surface area contributed by atoms with E-state index in [-0.39, 0.29) is 12.5 Å². The lowest BCUT2D eigenvalue weighted by Gasteiger charge is -2.06. The van der Waals surface area contributed by atoms with E-state index in [2.05, 4.69) is 10.5 Å². The summed E-state index contributed by atoms with van der Waals surface area (Å²) >= 11 is 6.00. The van der Waals surface area contributed by atoms with Crippen LogP contribution >= 0.6 is 11.6 Å². The van der Waals surface area contributed by atoms with Gasteiger partial charge in [0.05, 0.1) is 16.8 Å². The molecule has 0 saturated carbocycles. The van der Waals surface area contributed by atoms with Crippen molar-refractivity contribution in [3.05, 3.63) is 94.5 Å². The van der Waals surface area contributed by atoms with Gasteiger partial charge in [-0.2, -0.15) is 5.10 Å². The fraction of sp³-hybridized carbons (Fsp3) is 0.0870. The number of carbonyl (C=O) groups excluding carboxylic acids is 2. The Morgan fingerprint density at radius 1 is 0.967 bits per heavy atom. The molecule has 30 heavy (non-hydrogen) atoms. The zero-order valence-corrected chi connectivity index (χ0v) is 16.9. The molecule has 0 aliphatic carbocycles. The zero-order valence-electron chi connectivity index (χ0n) is 16.2. The number of nitrogens with one attached hydrogen (secondary N) is 1. The number of rotatable bonds is 7. The van der Waals surface area contributed by atoms with Gasteiger partial charge in [-0.1, -0.05) is 41.4 Å². The quantitative estimate of drug-likeness (QED) is 0.265. The number of nitrogens with zero attached hydrogens (tertiary/aromatic N) is 1. The van der Waals surface area contributed by atoms with Crippen LogP contribution in [0.5, 0.6) is 11.5 Å². The molecule has 0 spiro atoms. The van der Waals surface area contributed by atoms with Gasteiger partial charge in [-0.05, 0) is 61.0 Å². The van der Waals surface area contributed by atoms with E-state index in [1.54, 1.807) is 60.7 Å². The molecule has 0 aliphatic rings. The van der Waals surface area contributed by atoms with Gasteiger partial charge in [0.15, 0.2) is 6.61 Å². The summed E-state index contributed by atoms with van der Waals surface area (Å²) in [5, 5.41) is 4.22. The van der Waals surface area contributed by atoms with Gasteiger partial charge in [-0.25, -0.2) is 10.2 Å². The number of ether oxygens (including phenoxy) is 2. The molecule has 3 aromatic carbocycles. The fourth-order valence-corrected chi connectivity index (χ4v) is 2.62. The van der Waals surface area contributed by atoms with E-state index in [1.807, 2.05) is 19.1 Å². The minimum Gasteiger partial charge on any atom is -0.484 e. The Hall–Kier alpha value is -3.64. The zero-order chi connectivity index (χ0) is 21.3. The Kier molecular flexibility index (Phi) is 7.19. The molecular formula is C23H19ClN2O4. The normalized spacial score (nSPS) is 10.6. The van der Waals surface area contributed by atoms with Crippen LogP contribution in [0.25, 0.3) is 0 Å². The first kappa shape index (κ1) is 21.1. The summed E-state index contributed by atoms with van der Waals surface area (Å²) in [6.45, 7) is 1.83. The largest absolute Gasteiger partial charge is 0.484 e. The molecule has 1 N–H and O–H groups in total. The Morgan fingerprint density at radius 3 is 2.33 bits per heavy atom. The number of hydrogen-bond acceptors (Lipinski definition) is 5. The molecule has 0 fully saturated rings. The average Bonchev–Trinajstić information content (AvgIpc) is 2.75. The van der Waals surface area contributed by atoms with E-state index in [4.69, 9.17) is 21.1 Å². The number of aryl methyl sites for hydroxylation is 1. The van der Waals surface area contributed by atoms with Crippen LogP contribution in [-0.2, 0) is 4.79 Å². The average molecular weight is 423 g/mol. The van der Waals surface area contributed by atoms with Crippen molar-refractivity contribution in [3.8, 4) is 11.5 Å². The van der Waals surface area contributed by atoms with Crippen LogP contribution in [0.1, 0.15) is 21.5 Å². The van der Waals surface area contributed by atoms with Gasteiger partial charge >= 0.3 is 5.97 Å². The summed E-state index contributed by atoms with van der Waals surface area (Å²) in [5.74, 6) is 0.0641. The third-order valence-corrected chi connectivity index (χ3v) is 4.31. The topological polar surface area (TPSA) is 77.0 Å². The predicted octanol–water partition coefficient (Wildman–Crippen LogP) is 4.40. The Balaban J connectivity index is 1.47. The summed E-state index contributed by atoms with van der Waals surface area (Å²) in [6, 6.07) is 20.7. The monoisotopic (exact) mass is 422 g/mol. The summed E-state index contributed by atoms with van der Waals surface area (Å²) in [6.07, 6.45) is 1.48. The molecule has 0 radical (unpaired) electrons. The van der Waals surface area contributed by atoms with Crippen LogP contribution in [0.3, 0.4) is 0 Å². The summed E-state index contributed by atoms with van der Waals surface area (Å²) < 4.78 is 10.7. The molecule has 152 valence electrons. The fourth-order valence-electron chi connectivity index (χ4n) is 2.41. The predicted molar refractivity (Wildman–Crippen MR) is 115 cm³/mol. The second-order valence-electron chi connectivity index (χ2n) is 6.33. The highest BCUT2D eigenvalue weighted by Crippen LogP contribution is 2.19. The molecule has 3 aromatic rings. The van der Waals surface area contributed by atoms with E-state index >= 15 is 0 Å². The lowest BCUT2D eigenvalue weighted by molar-refractivity contribution is -0.123. The Bertz CT molecular complexity index is 1050. The smallest absolute Gasteiger partial charge is 0.345 e. The molecule has 0 saturated heterocycles. The van der Waals surface area contributed by atoms with Crippen LogP contribution in [0.4, 0.5) is 0 Å². The molecule has 0 bridgehead atoms. The second kappa shape index (κ2) is 10.2. The van der Waals surface area contributed by atoms with E-state index in [0.717, 1.165) is 5.56 Å². The number of hydrazone groups is 1. The van der Waals surface area contributed by atoms with Crippen molar-refractivity contribution in [2.45, 2.75) is 6.92 Å².